The van der Waals surface area contributed by atoms with Gasteiger partial charge in [-0.05, 0) is 62.0 Å². The lowest BCUT2D eigenvalue weighted by Crippen LogP contribution is -2.19. The summed E-state index contributed by atoms with van der Waals surface area (Å²) in [5.41, 5.74) is 1.19. The average molecular weight is 302 g/mol. The fourth-order valence-corrected chi connectivity index (χ4v) is 2.40. The molecule has 2 aromatic rings. The number of nitrogens with one attached hydrogen (secondary N) is 1. The van der Waals surface area contributed by atoms with Gasteiger partial charge in [-0.1, -0.05) is 6.92 Å². The largest absolute Gasteiger partial charge is 0.439 e. The Morgan fingerprint density at radius 2 is 2.00 bits per heavy atom. The standard InChI is InChI=1S/C17H22N2OS/c1-4-10-18-13(2)14-9-11-19-17(12-14)20-15-5-7-16(21-3)8-6-15/h5-9,11-13,18H,4,10H2,1-3H3. The molecule has 0 spiro atoms. The number of hydrogen-bond donors (Lipinski definition) is 1. The average Bonchev–Trinajstić information content (AvgIpc) is 2.53. The maximum absolute atomic E-state index is 5.82. The first-order valence-corrected chi connectivity index (χ1v) is 8.46. The van der Waals surface area contributed by atoms with Crippen molar-refractivity contribution in [2.75, 3.05) is 12.8 Å². The number of hydrogen-bond acceptors (Lipinski definition) is 4. The fraction of sp³-hybridized carbons (Fsp3) is 0.353. The molecule has 0 aliphatic carbocycles. The third-order valence-electron chi connectivity index (χ3n) is 3.24. The summed E-state index contributed by atoms with van der Waals surface area (Å²) in [6.07, 6.45) is 4.98. The molecule has 21 heavy (non-hydrogen) atoms. The first kappa shape index (κ1) is 15.9. The van der Waals surface area contributed by atoms with Crippen LogP contribution in [-0.2, 0) is 0 Å². The van der Waals surface area contributed by atoms with Crippen molar-refractivity contribution in [3.63, 3.8) is 0 Å². The van der Waals surface area contributed by atoms with Crippen LogP contribution in [0.5, 0.6) is 11.6 Å². The molecule has 0 fully saturated rings. The SMILES string of the molecule is CCCNC(C)c1ccnc(Oc2ccc(SC)cc2)c1. The molecule has 0 aliphatic heterocycles. The van der Waals surface area contributed by atoms with Crippen LogP contribution in [0.1, 0.15) is 31.9 Å². The van der Waals surface area contributed by atoms with E-state index in [2.05, 4.69) is 42.5 Å². The number of pyridine rings is 1. The van der Waals surface area contributed by atoms with Gasteiger partial charge in [0.05, 0.1) is 0 Å². The van der Waals surface area contributed by atoms with E-state index in [1.54, 1.807) is 18.0 Å². The van der Waals surface area contributed by atoms with E-state index in [4.69, 9.17) is 4.74 Å². The number of aromatic nitrogens is 1. The van der Waals surface area contributed by atoms with E-state index in [0.717, 1.165) is 18.7 Å². The molecule has 112 valence electrons. The lowest BCUT2D eigenvalue weighted by Gasteiger charge is -2.14. The summed E-state index contributed by atoms with van der Waals surface area (Å²) < 4.78 is 5.82. The van der Waals surface area contributed by atoms with Crippen LogP contribution in [0.25, 0.3) is 0 Å². The second-order valence-electron chi connectivity index (χ2n) is 4.88. The summed E-state index contributed by atoms with van der Waals surface area (Å²) >= 11 is 1.72. The quantitative estimate of drug-likeness (QED) is 0.755. The van der Waals surface area contributed by atoms with Gasteiger partial charge < -0.3 is 10.1 Å². The van der Waals surface area contributed by atoms with Crippen LogP contribution < -0.4 is 10.1 Å². The molecule has 1 unspecified atom stereocenters. The van der Waals surface area contributed by atoms with Crippen LogP contribution in [0.3, 0.4) is 0 Å². The monoisotopic (exact) mass is 302 g/mol. The minimum Gasteiger partial charge on any atom is -0.439 e. The lowest BCUT2D eigenvalue weighted by molar-refractivity contribution is 0.459. The first-order valence-electron chi connectivity index (χ1n) is 7.24. The zero-order valence-electron chi connectivity index (χ0n) is 12.8. The van der Waals surface area contributed by atoms with E-state index >= 15 is 0 Å². The van der Waals surface area contributed by atoms with Gasteiger partial charge in [-0.3, -0.25) is 0 Å². The normalized spacial score (nSPS) is 12.1. The zero-order chi connectivity index (χ0) is 15.1. The summed E-state index contributed by atoms with van der Waals surface area (Å²) in [4.78, 5) is 5.51. The van der Waals surface area contributed by atoms with Crippen molar-refractivity contribution in [2.24, 2.45) is 0 Å². The Bertz CT molecular complexity index is 557. The Balaban J connectivity index is 2.06. The third-order valence-corrected chi connectivity index (χ3v) is 3.98. The Hall–Kier alpha value is -1.52. The summed E-state index contributed by atoms with van der Waals surface area (Å²) in [5.74, 6) is 1.45. The zero-order valence-corrected chi connectivity index (χ0v) is 13.6. The minimum atomic E-state index is 0.300. The first-order chi connectivity index (χ1) is 10.2. The van der Waals surface area contributed by atoms with Crippen LogP contribution >= 0.6 is 11.8 Å². The molecular weight excluding hydrogens is 280 g/mol. The molecule has 0 amide bonds. The van der Waals surface area contributed by atoms with E-state index in [-0.39, 0.29) is 0 Å². The molecule has 1 atom stereocenters. The molecule has 1 aromatic heterocycles. The van der Waals surface area contributed by atoms with Gasteiger partial charge in [0, 0.05) is 23.2 Å². The van der Waals surface area contributed by atoms with E-state index in [9.17, 15) is 0 Å². The number of benzene rings is 1. The van der Waals surface area contributed by atoms with Crippen molar-refractivity contribution in [1.82, 2.24) is 10.3 Å². The molecule has 3 nitrogen and oxygen atoms in total. The fourth-order valence-electron chi connectivity index (χ4n) is 1.99. The summed E-state index contributed by atoms with van der Waals surface area (Å²) in [6.45, 7) is 5.33. The van der Waals surface area contributed by atoms with Crippen LogP contribution in [0, 0.1) is 0 Å². The van der Waals surface area contributed by atoms with Crippen molar-refractivity contribution in [1.29, 1.82) is 0 Å². The summed E-state index contributed by atoms with van der Waals surface area (Å²) in [5, 5.41) is 3.47. The highest BCUT2D eigenvalue weighted by atomic mass is 32.2. The van der Waals surface area contributed by atoms with E-state index in [1.807, 2.05) is 24.3 Å². The maximum atomic E-state index is 5.82. The Labute approximate surface area is 131 Å². The number of ether oxygens (including phenoxy) is 1. The molecule has 2 rings (SSSR count). The highest BCUT2D eigenvalue weighted by Crippen LogP contribution is 2.24. The predicted molar refractivity (Wildman–Crippen MR) is 89.2 cm³/mol. The predicted octanol–water partition coefficient (Wildman–Crippen LogP) is 4.66. The van der Waals surface area contributed by atoms with Crippen LogP contribution in [0.4, 0.5) is 0 Å². The molecule has 0 saturated carbocycles. The smallest absolute Gasteiger partial charge is 0.219 e. The van der Waals surface area contributed by atoms with Gasteiger partial charge in [0.2, 0.25) is 5.88 Å². The lowest BCUT2D eigenvalue weighted by atomic mass is 10.1. The Kier molecular flexibility index (Phi) is 6.08. The molecule has 4 heteroatoms. The van der Waals surface area contributed by atoms with Gasteiger partial charge in [0.25, 0.3) is 0 Å². The molecule has 0 aliphatic rings. The highest BCUT2D eigenvalue weighted by Gasteiger charge is 2.07. The van der Waals surface area contributed by atoms with E-state index < -0.39 is 0 Å². The molecular formula is C17H22N2OS. The molecule has 1 heterocycles. The van der Waals surface area contributed by atoms with Gasteiger partial charge in [-0.2, -0.15) is 0 Å². The number of rotatable bonds is 7. The van der Waals surface area contributed by atoms with Gasteiger partial charge in [0.1, 0.15) is 5.75 Å². The number of nitrogens with zero attached hydrogens (tertiary/aromatic N) is 1. The highest BCUT2D eigenvalue weighted by molar-refractivity contribution is 7.98. The van der Waals surface area contributed by atoms with E-state index in [1.165, 1.54) is 10.5 Å². The topological polar surface area (TPSA) is 34.2 Å². The molecule has 1 aromatic carbocycles. The van der Waals surface area contributed by atoms with E-state index in [0.29, 0.717) is 11.9 Å². The van der Waals surface area contributed by atoms with Crippen molar-refractivity contribution in [3.05, 3.63) is 48.2 Å². The van der Waals surface area contributed by atoms with Crippen molar-refractivity contribution >= 4 is 11.8 Å². The van der Waals surface area contributed by atoms with Gasteiger partial charge in [0.15, 0.2) is 0 Å². The number of thioether (sulfide) groups is 1. The molecule has 0 saturated heterocycles. The summed E-state index contributed by atoms with van der Waals surface area (Å²) in [6, 6.07) is 12.4. The van der Waals surface area contributed by atoms with Gasteiger partial charge in [-0.25, -0.2) is 4.98 Å². The van der Waals surface area contributed by atoms with Crippen LogP contribution in [0.2, 0.25) is 0 Å². The summed E-state index contributed by atoms with van der Waals surface area (Å²) in [7, 11) is 0. The Morgan fingerprint density at radius 3 is 2.67 bits per heavy atom. The maximum Gasteiger partial charge on any atom is 0.219 e. The Morgan fingerprint density at radius 1 is 1.24 bits per heavy atom. The van der Waals surface area contributed by atoms with Crippen molar-refractivity contribution in [3.8, 4) is 11.6 Å². The van der Waals surface area contributed by atoms with Gasteiger partial charge >= 0.3 is 0 Å². The second kappa shape index (κ2) is 8.05. The molecule has 1 N–H and O–H groups in total. The van der Waals surface area contributed by atoms with Crippen LogP contribution in [0.15, 0.2) is 47.5 Å². The third kappa shape index (κ3) is 4.76. The van der Waals surface area contributed by atoms with Crippen LogP contribution in [-0.4, -0.2) is 17.8 Å². The van der Waals surface area contributed by atoms with Crippen molar-refractivity contribution < 1.29 is 4.74 Å². The van der Waals surface area contributed by atoms with Crippen molar-refractivity contribution in [2.45, 2.75) is 31.2 Å². The van der Waals surface area contributed by atoms with Gasteiger partial charge in [-0.15, -0.1) is 11.8 Å². The minimum absolute atomic E-state index is 0.300. The molecule has 0 bridgehead atoms. The molecule has 0 radical (unpaired) electrons. The second-order valence-corrected chi connectivity index (χ2v) is 5.76.